The standard InChI is InChI=1S/C23H28N4O4/c1-14-9-16(3)27(25-14)22-8-7-19(11-24-22)23(29)31-13-21(28)20-10-15(2)26(18(20)5)17(4)12-30-6/h7-11,17H,12-13H2,1-6H3. The molecule has 1 unspecified atom stereocenters. The quantitative estimate of drug-likeness (QED) is 0.406. The van der Waals surface area contributed by atoms with Gasteiger partial charge in [-0.05, 0) is 58.9 Å². The van der Waals surface area contributed by atoms with Gasteiger partial charge in [0.05, 0.1) is 23.9 Å². The summed E-state index contributed by atoms with van der Waals surface area (Å²) >= 11 is 0. The van der Waals surface area contributed by atoms with E-state index < -0.39 is 5.97 Å². The third kappa shape index (κ3) is 4.74. The Bertz CT molecular complexity index is 1100. The summed E-state index contributed by atoms with van der Waals surface area (Å²) in [5.41, 5.74) is 4.45. The molecule has 0 fully saturated rings. The third-order valence-electron chi connectivity index (χ3n) is 5.18. The summed E-state index contributed by atoms with van der Waals surface area (Å²) in [6.07, 6.45) is 1.43. The van der Waals surface area contributed by atoms with Crippen molar-refractivity contribution in [3.63, 3.8) is 0 Å². The van der Waals surface area contributed by atoms with E-state index in [1.165, 1.54) is 6.20 Å². The number of ketones is 1. The number of pyridine rings is 1. The summed E-state index contributed by atoms with van der Waals surface area (Å²) in [4.78, 5) is 29.4. The molecule has 0 saturated carbocycles. The van der Waals surface area contributed by atoms with Crippen LogP contribution in [0.25, 0.3) is 5.82 Å². The Kier molecular flexibility index (Phi) is 6.70. The second kappa shape index (κ2) is 9.26. The van der Waals surface area contributed by atoms with Gasteiger partial charge in [-0.1, -0.05) is 0 Å². The minimum Gasteiger partial charge on any atom is -0.454 e. The van der Waals surface area contributed by atoms with Crippen molar-refractivity contribution in [2.75, 3.05) is 20.3 Å². The molecule has 3 aromatic heterocycles. The van der Waals surface area contributed by atoms with Crippen molar-refractivity contribution in [1.29, 1.82) is 0 Å². The highest BCUT2D eigenvalue weighted by Crippen LogP contribution is 2.21. The predicted octanol–water partition coefficient (Wildman–Crippen LogP) is 3.55. The number of esters is 1. The van der Waals surface area contributed by atoms with E-state index in [1.54, 1.807) is 23.9 Å². The zero-order chi connectivity index (χ0) is 22.7. The van der Waals surface area contributed by atoms with E-state index >= 15 is 0 Å². The van der Waals surface area contributed by atoms with Gasteiger partial charge in [-0.2, -0.15) is 5.10 Å². The first-order valence-corrected chi connectivity index (χ1v) is 10.1. The van der Waals surface area contributed by atoms with Crippen molar-refractivity contribution >= 4 is 11.8 Å². The highest BCUT2D eigenvalue weighted by Gasteiger charge is 2.20. The van der Waals surface area contributed by atoms with Crippen LogP contribution in [0.5, 0.6) is 0 Å². The fourth-order valence-corrected chi connectivity index (χ4v) is 3.84. The molecule has 0 aliphatic carbocycles. The van der Waals surface area contributed by atoms with Gasteiger partial charge in [-0.15, -0.1) is 0 Å². The number of aryl methyl sites for hydroxylation is 3. The zero-order valence-corrected chi connectivity index (χ0v) is 18.8. The maximum absolute atomic E-state index is 12.7. The average Bonchev–Trinajstić information content (AvgIpc) is 3.23. The smallest absolute Gasteiger partial charge is 0.340 e. The van der Waals surface area contributed by atoms with Crippen LogP contribution in [-0.2, 0) is 9.47 Å². The molecule has 0 aliphatic heterocycles. The van der Waals surface area contributed by atoms with Gasteiger partial charge in [0.1, 0.15) is 0 Å². The van der Waals surface area contributed by atoms with Gasteiger partial charge in [0.25, 0.3) is 0 Å². The topological polar surface area (TPSA) is 88.2 Å². The Hall–Kier alpha value is -3.26. The van der Waals surface area contributed by atoms with Crippen molar-refractivity contribution < 1.29 is 19.1 Å². The monoisotopic (exact) mass is 424 g/mol. The largest absolute Gasteiger partial charge is 0.454 e. The molecule has 0 bridgehead atoms. The van der Waals surface area contributed by atoms with Gasteiger partial charge in [0.15, 0.2) is 12.4 Å². The number of rotatable bonds is 8. The average molecular weight is 425 g/mol. The summed E-state index contributed by atoms with van der Waals surface area (Å²) in [6.45, 7) is 9.90. The maximum atomic E-state index is 12.7. The van der Waals surface area contributed by atoms with E-state index in [0.717, 1.165) is 22.8 Å². The number of ether oxygens (including phenoxy) is 2. The summed E-state index contributed by atoms with van der Waals surface area (Å²) in [6, 6.07) is 7.18. The number of Topliss-reactive ketones (excluding diaryl/α,β-unsaturated/α-hetero) is 1. The molecule has 1 atom stereocenters. The molecule has 0 amide bonds. The van der Waals surface area contributed by atoms with E-state index in [9.17, 15) is 9.59 Å². The van der Waals surface area contributed by atoms with E-state index in [1.807, 2.05) is 46.8 Å². The number of hydrogen-bond acceptors (Lipinski definition) is 6. The molecule has 0 aliphatic rings. The number of hydrogen-bond donors (Lipinski definition) is 0. The van der Waals surface area contributed by atoms with Crippen molar-refractivity contribution in [2.45, 2.75) is 40.7 Å². The van der Waals surface area contributed by atoms with Crippen LogP contribution in [0.15, 0.2) is 30.5 Å². The van der Waals surface area contributed by atoms with E-state index in [0.29, 0.717) is 18.0 Å². The minimum atomic E-state index is -0.595. The van der Waals surface area contributed by atoms with Crippen molar-refractivity contribution in [3.8, 4) is 5.82 Å². The van der Waals surface area contributed by atoms with Gasteiger partial charge in [-0.25, -0.2) is 14.5 Å². The molecular formula is C23H28N4O4. The molecule has 0 N–H and O–H groups in total. The van der Waals surface area contributed by atoms with Crippen LogP contribution < -0.4 is 0 Å². The van der Waals surface area contributed by atoms with Crippen LogP contribution in [0.2, 0.25) is 0 Å². The highest BCUT2D eigenvalue weighted by atomic mass is 16.5. The summed E-state index contributed by atoms with van der Waals surface area (Å²) in [5, 5.41) is 4.37. The molecule has 0 aromatic carbocycles. The Labute approximate surface area is 181 Å². The van der Waals surface area contributed by atoms with Gasteiger partial charge in [-0.3, -0.25) is 4.79 Å². The van der Waals surface area contributed by atoms with Crippen LogP contribution in [0.3, 0.4) is 0 Å². The van der Waals surface area contributed by atoms with Crippen LogP contribution in [0.1, 0.15) is 56.5 Å². The fraction of sp³-hybridized carbons (Fsp3) is 0.391. The molecule has 3 rings (SSSR count). The number of aromatic nitrogens is 4. The Balaban J connectivity index is 1.66. The lowest BCUT2D eigenvalue weighted by Crippen LogP contribution is -2.17. The molecule has 31 heavy (non-hydrogen) atoms. The van der Waals surface area contributed by atoms with Crippen LogP contribution >= 0.6 is 0 Å². The van der Waals surface area contributed by atoms with Crippen molar-refractivity contribution in [2.24, 2.45) is 0 Å². The number of carbonyl (C=O) groups excluding carboxylic acids is 2. The molecule has 8 heteroatoms. The van der Waals surface area contributed by atoms with E-state index in [4.69, 9.17) is 9.47 Å². The predicted molar refractivity (Wildman–Crippen MR) is 116 cm³/mol. The lowest BCUT2D eigenvalue weighted by Gasteiger charge is -2.17. The van der Waals surface area contributed by atoms with Gasteiger partial charge in [0, 0.05) is 36.0 Å². The lowest BCUT2D eigenvalue weighted by atomic mass is 10.1. The van der Waals surface area contributed by atoms with E-state index in [-0.39, 0.29) is 24.0 Å². The van der Waals surface area contributed by atoms with Gasteiger partial charge >= 0.3 is 5.97 Å². The first-order chi connectivity index (χ1) is 14.7. The normalized spacial score (nSPS) is 12.1. The second-order valence-electron chi connectivity index (χ2n) is 7.70. The Morgan fingerprint density at radius 3 is 2.42 bits per heavy atom. The Morgan fingerprint density at radius 1 is 1.10 bits per heavy atom. The third-order valence-corrected chi connectivity index (χ3v) is 5.18. The molecule has 0 radical (unpaired) electrons. The van der Waals surface area contributed by atoms with Crippen molar-refractivity contribution in [3.05, 3.63) is 64.4 Å². The lowest BCUT2D eigenvalue weighted by molar-refractivity contribution is 0.0474. The number of carbonyl (C=O) groups is 2. The first kappa shape index (κ1) is 22.4. The minimum absolute atomic E-state index is 0.0981. The molecule has 0 spiro atoms. The molecule has 0 saturated heterocycles. The molecule has 3 heterocycles. The Morgan fingerprint density at radius 2 is 1.84 bits per heavy atom. The van der Waals surface area contributed by atoms with Crippen LogP contribution in [0, 0.1) is 27.7 Å². The van der Waals surface area contributed by atoms with Crippen LogP contribution in [-0.4, -0.2) is 51.4 Å². The summed E-state index contributed by atoms with van der Waals surface area (Å²) in [7, 11) is 1.65. The van der Waals surface area contributed by atoms with Gasteiger partial charge < -0.3 is 14.0 Å². The van der Waals surface area contributed by atoms with Crippen molar-refractivity contribution in [1.82, 2.24) is 19.3 Å². The molecule has 3 aromatic rings. The number of methoxy groups -OCH3 is 1. The van der Waals surface area contributed by atoms with Gasteiger partial charge in [0.2, 0.25) is 5.78 Å². The summed E-state index contributed by atoms with van der Waals surface area (Å²) < 4.78 is 14.2. The fourth-order valence-electron chi connectivity index (χ4n) is 3.84. The number of nitrogens with zero attached hydrogens (tertiary/aromatic N) is 4. The van der Waals surface area contributed by atoms with Crippen LogP contribution in [0.4, 0.5) is 0 Å². The first-order valence-electron chi connectivity index (χ1n) is 10.1. The SMILES string of the molecule is COCC(C)n1c(C)cc(C(=O)COC(=O)c2ccc(-n3nc(C)cc3C)nc2)c1C. The van der Waals surface area contributed by atoms with E-state index in [2.05, 4.69) is 14.6 Å². The molecular weight excluding hydrogens is 396 g/mol. The molecule has 8 nitrogen and oxygen atoms in total. The zero-order valence-electron chi connectivity index (χ0n) is 18.8. The highest BCUT2D eigenvalue weighted by molar-refractivity contribution is 6.00. The second-order valence-corrected chi connectivity index (χ2v) is 7.70. The summed E-state index contributed by atoms with van der Waals surface area (Å²) in [5.74, 6) is -0.234. The molecule has 164 valence electrons. The maximum Gasteiger partial charge on any atom is 0.340 e.